The Balaban J connectivity index is 1.98. The lowest BCUT2D eigenvalue weighted by molar-refractivity contribution is 0.0546. The van der Waals surface area contributed by atoms with E-state index in [0.29, 0.717) is 35.3 Å². The van der Waals surface area contributed by atoms with Crippen LogP contribution in [0.2, 0.25) is 0 Å². The van der Waals surface area contributed by atoms with Gasteiger partial charge in [-0.15, -0.1) is 0 Å². The lowest BCUT2D eigenvalue weighted by Crippen LogP contribution is -2.45. The molecule has 1 fully saturated rings. The monoisotopic (exact) mass is 278 g/mol. The van der Waals surface area contributed by atoms with Gasteiger partial charge in [0.15, 0.2) is 17.2 Å². The Labute approximate surface area is 116 Å². The van der Waals surface area contributed by atoms with Gasteiger partial charge in [0.25, 0.3) is 5.71 Å². The van der Waals surface area contributed by atoms with E-state index in [2.05, 4.69) is 15.0 Å². The van der Waals surface area contributed by atoms with E-state index >= 15 is 0 Å². The Hall–Kier alpha value is -1.73. The second-order valence-corrected chi connectivity index (χ2v) is 5.23. The zero-order valence-electron chi connectivity index (χ0n) is 11.6. The molecule has 2 aromatic heterocycles. The van der Waals surface area contributed by atoms with Gasteiger partial charge >= 0.3 is 0 Å². The highest BCUT2D eigenvalue weighted by Crippen LogP contribution is 2.28. The van der Waals surface area contributed by atoms with Crippen LogP contribution >= 0.6 is 0 Å². The fourth-order valence-electron chi connectivity index (χ4n) is 2.62. The summed E-state index contributed by atoms with van der Waals surface area (Å²) in [6, 6.07) is 0. The number of aryl methyl sites for hydroxylation is 2. The first-order valence-corrected chi connectivity index (χ1v) is 6.74. The molecule has 2 N–H and O–H groups in total. The van der Waals surface area contributed by atoms with Crippen molar-refractivity contribution in [2.24, 2.45) is 5.92 Å². The number of nitrogens with zero attached hydrogens (tertiary/aromatic N) is 4. The Kier molecular flexibility index (Phi) is 3.31. The molecule has 0 spiro atoms. The summed E-state index contributed by atoms with van der Waals surface area (Å²) in [6.45, 7) is 4.74. The molecule has 0 bridgehead atoms. The number of aliphatic hydroxyl groups is 2. The van der Waals surface area contributed by atoms with Crippen LogP contribution < -0.4 is 4.90 Å². The summed E-state index contributed by atoms with van der Waals surface area (Å²) in [5, 5.41) is 19.3. The summed E-state index contributed by atoms with van der Waals surface area (Å²) in [5.74, 6) is 1.79. The van der Waals surface area contributed by atoms with Crippen LogP contribution in [0.15, 0.2) is 4.42 Å². The predicted octanol–water partition coefficient (Wildman–Crippen LogP) is 0.414. The highest BCUT2D eigenvalue weighted by molar-refractivity contribution is 5.82. The van der Waals surface area contributed by atoms with E-state index in [4.69, 9.17) is 4.42 Å². The molecule has 7 nitrogen and oxygen atoms in total. The molecule has 1 aliphatic rings. The molecule has 0 amide bonds. The number of fused-ring (bicyclic) bond motifs is 1. The molecule has 0 aliphatic carbocycles. The van der Waals surface area contributed by atoms with Crippen molar-refractivity contribution in [3.63, 3.8) is 0 Å². The van der Waals surface area contributed by atoms with Crippen molar-refractivity contribution in [3.8, 4) is 0 Å². The van der Waals surface area contributed by atoms with Gasteiger partial charge in [0.1, 0.15) is 5.82 Å². The lowest BCUT2D eigenvalue weighted by atomic mass is 9.95. The van der Waals surface area contributed by atoms with Gasteiger partial charge < -0.3 is 19.5 Å². The predicted molar refractivity (Wildman–Crippen MR) is 72.5 cm³/mol. The first kappa shape index (κ1) is 13.3. The van der Waals surface area contributed by atoms with Crippen molar-refractivity contribution in [2.45, 2.75) is 26.4 Å². The zero-order valence-corrected chi connectivity index (χ0v) is 11.6. The van der Waals surface area contributed by atoms with Gasteiger partial charge in [-0.05, 0) is 13.3 Å². The van der Waals surface area contributed by atoms with Crippen LogP contribution in [0, 0.1) is 19.8 Å². The second-order valence-electron chi connectivity index (χ2n) is 5.23. The van der Waals surface area contributed by atoms with E-state index in [1.807, 2.05) is 4.90 Å². The fraction of sp³-hybridized carbons (Fsp3) is 0.615. The quantitative estimate of drug-likeness (QED) is 0.821. The molecule has 108 valence electrons. The molecular weight excluding hydrogens is 260 g/mol. The molecule has 20 heavy (non-hydrogen) atoms. The van der Waals surface area contributed by atoms with Gasteiger partial charge in [-0.25, -0.2) is 9.97 Å². The topological polar surface area (TPSA) is 95.5 Å². The smallest absolute Gasteiger partial charge is 0.252 e. The highest BCUT2D eigenvalue weighted by Gasteiger charge is 2.29. The van der Waals surface area contributed by atoms with E-state index in [1.165, 1.54) is 0 Å². The number of β-amino-alcohol motifs (C(OH)–C–C–N with tert-alkyl or cyclic N) is 1. The van der Waals surface area contributed by atoms with Gasteiger partial charge in [0.05, 0.1) is 6.10 Å². The van der Waals surface area contributed by atoms with Crippen molar-refractivity contribution in [3.05, 3.63) is 11.7 Å². The second kappa shape index (κ2) is 4.99. The van der Waals surface area contributed by atoms with Gasteiger partial charge in [0, 0.05) is 32.5 Å². The van der Waals surface area contributed by atoms with Crippen molar-refractivity contribution < 1.29 is 14.6 Å². The van der Waals surface area contributed by atoms with Crippen molar-refractivity contribution >= 4 is 17.0 Å². The van der Waals surface area contributed by atoms with E-state index in [0.717, 1.165) is 13.0 Å². The maximum atomic E-state index is 10.1. The number of piperidine rings is 1. The lowest BCUT2D eigenvalue weighted by Gasteiger charge is -2.35. The summed E-state index contributed by atoms with van der Waals surface area (Å²) in [4.78, 5) is 15.0. The SMILES string of the molecule is Cc1nc(N2CC[C@H](CO)[C@@H](O)C2)c2nc(C)oc2n1. The van der Waals surface area contributed by atoms with Gasteiger partial charge in [0.2, 0.25) is 0 Å². The van der Waals surface area contributed by atoms with Crippen molar-refractivity contribution in [1.82, 2.24) is 15.0 Å². The third-order valence-electron chi connectivity index (χ3n) is 3.71. The molecular formula is C13H18N4O3. The number of anilines is 1. The molecule has 0 unspecified atom stereocenters. The Morgan fingerprint density at radius 2 is 2.10 bits per heavy atom. The molecule has 1 saturated heterocycles. The number of hydrogen-bond donors (Lipinski definition) is 2. The highest BCUT2D eigenvalue weighted by atomic mass is 16.4. The first-order chi connectivity index (χ1) is 9.58. The zero-order chi connectivity index (χ0) is 14.3. The average Bonchev–Trinajstić information content (AvgIpc) is 2.77. The van der Waals surface area contributed by atoms with Gasteiger partial charge in [-0.2, -0.15) is 4.98 Å². The van der Waals surface area contributed by atoms with Gasteiger partial charge in [-0.1, -0.05) is 0 Å². The standard InChI is InChI=1S/C13H18N4O3/c1-7-14-12(11-13(15-7)20-8(2)16-11)17-4-3-9(6-18)10(19)5-17/h9-10,18-19H,3-6H2,1-2H3/t9-,10+/m1/s1. The fourth-order valence-corrected chi connectivity index (χ4v) is 2.62. The number of aromatic nitrogens is 3. The summed E-state index contributed by atoms with van der Waals surface area (Å²) < 4.78 is 5.46. The van der Waals surface area contributed by atoms with Crippen LogP contribution in [0.1, 0.15) is 18.1 Å². The van der Waals surface area contributed by atoms with Crippen LogP contribution in [-0.4, -0.2) is 51.0 Å². The van der Waals surface area contributed by atoms with E-state index in [9.17, 15) is 10.2 Å². The number of aliphatic hydroxyl groups excluding tert-OH is 2. The van der Waals surface area contributed by atoms with E-state index < -0.39 is 6.10 Å². The molecule has 2 aromatic rings. The Morgan fingerprint density at radius 1 is 1.30 bits per heavy atom. The minimum Gasteiger partial charge on any atom is -0.422 e. The van der Waals surface area contributed by atoms with Crippen molar-refractivity contribution in [2.75, 3.05) is 24.6 Å². The minimum atomic E-state index is -0.563. The van der Waals surface area contributed by atoms with Crippen LogP contribution in [0.5, 0.6) is 0 Å². The van der Waals surface area contributed by atoms with Gasteiger partial charge in [-0.3, -0.25) is 0 Å². The van der Waals surface area contributed by atoms with Crippen LogP contribution in [-0.2, 0) is 0 Å². The number of rotatable bonds is 2. The minimum absolute atomic E-state index is 0.0102. The molecule has 0 radical (unpaired) electrons. The molecule has 0 saturated carbocycles. The summed E-state index contributed by atoms with van der Waals surface area (Å²) in [7, 11) is 0. The van der Waals surface area contributed by atoms with E-state index in [-0.39, 0.29) is 12.5 Å². The third kappa shape index (κ3) is 2.23. The maximum Gasteiger partial charge on any atom is 0.252 e. The average molecular weight is 278 g/mol. The van der Waals surface area contributed by atoms with E-state index in [1.54, 1.807) is 13.8 Å². The summed E-state index contributed by atoms with van der Waals surface area (Å²) in [5.41, 5.74) is 1.10. The van der Waals surface area contributed by atoms with Crippen LogP contribution in [0.4, 0.5) is 5.82 Å². The molecule has 0 aromatic carbocycles. The first-order valence-electron chi connectivity index (χ1n) is 6.74. The van der Waals surface area contributed by atoms with Crippen LogP contribution in [0.3, 0.4) is 0 Å². The molecule has 7 heteroatoms. The molecule has 1 aliphatic heterocycles. The molecule has 3 heterocycles. The summed E-state index contributed by atoms with van der Waals surface area (Å²) >= 11 is 0. The largest absolute Gasteiger partial charge is 0.422 e. The third-order valence-corrected chi connectivity index (χ3v) is 3.71. The molecule has 3 rings (SSSR count). The molecule has 2 atom stereocenters. The van der Waals surface area contributed by atoms with Crippen molar-refractivity contribution in [1.29, 1.82) is 0 Å². The maximum absolute atomic E-state index is 10.1. The Bertz CT molecular complexity index is 627. The Morgan fingerprint density at radius 3 is 2.80 bits per heavy atom. The number of hydrogen-bond acceptors (Lipinski definition) is 7. The summed E-state index contributed by atoms with van der Waals surface area (Å²) in [6.07, 6.45) is 0.158. The van der Waals surface area contributed by atoms with Crippen LogP contribution in [0.25, 0.3) is 11.2 Å². The number of oxazole rings is 1. The normalized spacial score (nSPS) is 23.5.